The molecule has 8 heteroatoms. The Morgan fingerprint density at radius 3 is 2.80 bits per heavy atom. The normalized spacial score (nSPS) is 18.1. The third kappa shape index (κ3) is 2.56. The first-order chi connectivity index (χ1) is 9.52. The molecule has 0 spiro atoms. The van der Waals surface area contributed by atoms with E-state index < -0.39 is 23.8 Å². The Kier molecular flexibility index (Phi) is 3.61. The molecule has 1 unspecified atom stereocenters. The molecule has 1 aromatic heterocycles. The summed E-state index contributed by atoms with van der Waals surface area (Å²) >= 11 is 0. The van der Waals surface area contributed by atoms with Gasteiger partial charge in [0.2, 0.25) is 5.91 Å². The molecule has 2 heterocycles. The fourth-order valence-electron chi connectivity index (χ4n) is 1.81. The number of amides is 2. The molecule has 2 amide bonds. The average molecular weight is 274 g/mol. The molecule has 1 atom stereocenters. The smallest absolute Gasteiger partial charge is 0.328 e. The maximum Gasteiger partial charge on any atom is 0.328 e. The number of nitrogens with zero attached hydrogens (tertiary/aromatic N) is 3. The average Bonchev–Trinajstić information content (AvgIpc) is 2.46. The minimum Gasteiger partial charge on any atom is -0.480 e. The molecule has 0 bridgehead atoms. The number of carbonyl (C=O) groups is 3. The number of aromatic nitrogens is 1. The molecule has 1 saturated heterocycles. The van der Waals surface area contributed by atoms with Crippen LogP contribution in [0.25, 0.3) is 0 Å². The zero-order valence-corrected chi connectivity index (χ0v) is 10.2. The van der Waals surface area contributed by atoms with Gasteiger partial charge in [-0.3, -0.25) is 9.59 Å². The van der Waals surface area contributed by atoms with Gasteiger partial charge in [0.15, 0.2) is 0 Å². The minimum atomic E-state index is -1.20. The summed E-state index contributed by atoms with van der Waals surface area (Å²) in [7, 11) is 0. The van der Waals surface area contributed by atoms with E-state index in [0.717, 1.165) is 4.90 Å². The predicted molar refractivity (Wildman–Crippen MR) is 64.4 cm³/mol. The Balaban J connectivity index is 2.26. The van der Waals surface area contributed by atoms with Crippen molar-refractivity contribution in [2.24, 2.45) is 0 Å². The summed E-state index contributed by atoms with van der Waals surface area (Å²) in [6.07, 6.45) is 1.22. The number of hydrogen-bond acceptors (Lipinski definition) is 5. The minimum absolute atomic E-state index is 0.00931. The highest BCUT2D eigenvalue weighted by Gasteiger charge is 2.36. The summed E-state index contributed by atoms with van der Waals surface area (Å²) in [4.78, 5) is 39.4. The summed E-state index contributed by atoms with van der Waals surface area (Å²) in [5, 5.41) is 20.1. The highest BCUT2D eigenvalue weighted by atomic mass is 16.4. The number of nitrogens with one attached hydrogen (secondary N) is 1. The van der Waals surface area contributed by atoms with Crippen LogP contribution in [0.2, 0.25) is 0 Å². The molecule has 0 aliphatic carbocycles. The summed E-state index contributed by atoms with van der Waals surface area (Å²) in [5.74, 6) is -2.28. The summed E-state index contributed by atoms with van der Waals surface area (Å²) in [6, 6.07) is 3.46. The highest BCUT2D eigenvalue weighted by Crippen LogP contribution is 2.10. The number of hydrogen-bond donors (Lipinski definition) is 2. The number of nitriles is 1. The number of carbonyl (C=O) groups excluding carboxylic acids is 2. The van der Waals surface area contributed by atoms with Crippen LogP contribution < -0.4 is 5.32 Å². The third-order valence-electron chi connectivity index (χ3n) is 2.84. The Morgan fingerprint density at radius 2 is 2.25 bits per heavy atom. The van der Waals surface area contributed by atoms with E-state index in [1.54, 1.807) is 0 Å². The second-order valence-electron chi connectivity index (χ2n) is 4.14. The van der Waals surface area contributed by atoms with Crippen molar-refractivity contribution in [3.05, 3.63) is 29.6 Å². The maximum atomic E-state index is 12.2. The van der Waals surface area contributed by atoms with Crippen molar-refractivity contribution < 1.29 is 19.5 Å². The molecule has 2 N–H and O–H groups in total. The van der Waals surface area contributed by atoms with Gasteiger partial charge in [-0.1, -0.05) is 0 Å². The molecule has 0 saturated carbocycles. The van der Waals surface area contributed by atoms with E-state index in [4.69, 9.17) is 10.4 Å². The van der Waals surface area contributed by atoms with Crippen molar-refractivity contribution in [3.8, 4) is 6.07 Å². The predicted octanol–water partition coefficient (Wildman–Crippen LogP) is -1.02. The topological polar surface area (TPSA) is 123 Å². The van der Waals surface area contributed by atoms with Crippen LogP contribution in [0.15, 0.2) is 18.3 Å². The van der Waals surface area contributed by atoms with E-state index in [2.05, 4.69) is 10.3 Å². The van der Waals surface area contributed by atoms with Gasteiger partial charge in [0.05, 0.1) is 5.56 Å². The van der Waals surface area contributed by atoms with E-state index in [0.29, 0.717) is 0 Å². The van der Waals surface area contributed by atoms with Crippen molar-refractivity contribution in [1.82, 2.24) is 15.2 Å². The zero-order chi connectivity index (χ0) is 14.7. The monoisotopic (exact) mass is 274 g/mol. The second-order valence-corrected chi connectivity index (χ2v) is 4.14. The number of aliphatic carboxylic acids is 1. The summed E-state index contributed by atoms with van der Waals surface area (Å²) in [5.41, 5.74) is 0.276. The number of carboxylic acid groups (broad SMARTS) is 1. The van der Waals surface area contributed by atoms with Gasteiger partial charge in [0, 0.05) is 12.7 Å². The summed E-state index contributed by atoms with van der Waals surface area (Å²) in [6.45, 7) is -0.479. The van der Waals surface area contributed by atoms with Gasteiger partial charge in [-0.2, -0.15) is 5.26 Å². The molecule has 1 fully saturated rings. The molecule has 102 valence electrons. The van der Waals surface area contributed by atoms with Crippen LogP contribution in [-0.4, -0.2) is 51.9 Å². The molecule has 20 heavy (non-hydrogen) atoms. The van der Waals surface area contributed by atoms with E-state index >= 15 is 0 Å². The van der Waals surface area contributed by atoms with E-state index in [-0.39, 0.29) is 24.3 Å². The lowest BCUT2D eigenvalue weighted by Gasteiger charge is -2.32. The highest BCUT2D eigenvalue weighted by molar-refractivity contribution is 5.98. The van der Waals surface area contributed by atoms with Crippen LogP contribution in [-0.2, 0) is 9.59 Å². The van der Waals surface area contributed by atoms with Gasteiger partial charge in [0.1, 0.15) is 24.3 Å². The molecule has 0 aromatic carbocycles. The van der Waals surface area contributed by atoms with Crippen molar-refractivity contribution in [1.29, 1.82) is 5.26 Å². The van der Waals surface area contributed by atoms with Crippen LogP contribution in [0, 0.1) is 11.3 Å². The molecule has 2 rings (SSSR count). The van der Waals surface area contributed by atoms with Crippen LogP contribution in [0.3, 0.4) is 0 Å². The molecule has 0 radical (unpaired) electrons. The van der Waals surface area contributed by atoms with Crippen molar-refractivity contribution in [3.63, 3.8) is 0 Å². The van der Waals surface area contributed by atoms with Gasteiger partial charge in [-0.15, -0.1) is 0 Å². The van der Waals surface area contributed by atoms with Gasteiger partial charge < -0.3 is 15.3 Å². The van der Waals surface area contributed by atoms with Crippen LogP contribution in [0.4, 0.5) is 0 Å². The van der Waals surface area contributed by atoms with Gasteiger partial charge in [-0.05, 0) is 12.1 Å². The first-order valence-corrected chi connectivity index (χ1v) is 5.69. The van der Waals surface area contributed by atoms with Crippen LogP contribution >= 0.6 is 0 Å². The van der Waals surface area contributed by atoms with E-state index in [9.17, 15) is 14.4 Å². The first-order valence-electron chi connectivity index (χ1n) is 5.69. The lowest BCUT2D eigenvalue weighted by atomic mass is 10.1. The SMILES string of the molecule is N#Cc1ccc(C(=O)N2CC(=O)NCC2C(=O)O)nc1. The van der Waals surface area contributed by atoms with Crippen molar-refractivity contribution in [2.75, 3.05) is 13.1 Å². The molecular formula is C12H10N4O4. The number of pyridine rings is 1. The lowest BCUT2D eigenvalue weighted by molar-refractivity contribution is -0.144. The molecule has 1 aromatic rings. The quantitative estimate of drug-likeness (QED) is 0.711. The number of piperazine rings is 1. The van der Waals surface area contributed by atoms with Crippen molar-refractivity contribution >= 4 is 17.8 Å². The largest absolute Gasteiger partial charge is 0.480 e. The Morgan fingerprint density at radius 1 is 1.50 bits per heavy atom. The van der Waals surface area contributed by atoms with Crippen LogP contribution in [0.1, 0.15) is 16.1 Å². The fourth-order valence-corrected chi connectivity index (χ4v) is 1.81. The Labute approximate surface area is 113 Å². The van der Waals surface area contributed by atoms with E-state index in [1.807, 2.05) is 6.07 Å². The third-order valence-corrected chi connectivity index (χ3v) is 2.84. The zero-order valence-electron chi connectivity index (χ0n) is 10.2. The fraction of sp³-hybridized carbons (Fsp3) is 0.250. The lowest BCUT2D eigenvalue weighted by Crippen LogP contribution is -2.59. The van der Waals surface area contributed by atoms with Gasteiger partial charge >= 0.3 is 5.97 Å². The number of rotatable bonds is 2. The number of carboxylic acids is 1. The molecule has 8 nitrogen and oxygen atoms in total. The van der Waals surface area contributed by atoms with Crippen LogP contribution in [0.5, 0.6) is 0 Å². The van der Waals surface area contributed by atoms with Crippen molar-refractivity contribution in [2.45, 2.75) is 6.04 Å². The maximum absolute atomic E-state index is 12.2. The van der Waals surface area contributed by atoms with Gasteiger partial charge in [0.25, 0.3) is 5.91 Å². The first kappa shape index (κ1) is 13.5. The second kappa shape index (κ2) is 5.36. The Hall–Kier alpha value is -2.95. The van der Waals surface area contributed by atoms with Gasteiger partial charge in [-0.25, -0.2) is 9.78 Å². The standard InChI is InChI=1S/C12H10N4O4/c13-3-7-1-2-8(14-4-7)11(18)16-6-10(17)15-5-9(16)12(19)20/h1-2,4,9H,5-6H2,(H,15,17)(H,19,20). The molecule has 1 aliphatic rings. The Bertz CT molecular complexity index is 605. The molecular weight excluding hydrogens is 264 g/mol. The van der Waals surface area contributed by atoms with E-state index in [1.165, 1.54) is 18.3 Å². The summed E-state index contributed by atoms with van der Waals surface area (Å²) < 4.78 is 0. The molecule has 1 aliphatic heterocycles.